The Balaban J connectivity index is 2.02. The molecule has 5 nitrogen and oxygen atoms in total. The average Bonchev–Trinajstić information content (AvgIpc) is 2.60. The van der Waals surface area contributed by atoms with E-state index in [0.29, 0.717) is 17.7 Å². The molecule has 0 aromatic heterocycles. The third kappa shape index (κ3) is 2.24. The number of methoxy groups -OCH3 is 1. The molecule has 106 valence electrons. The first-order valence-corrected chi connectivity index (χ1v) is 6.98. The van der Waals surface area contributed by atoms with Gasteiger partial charge in [0.25, 0.3) is 0 Å². The van der Waals surface area contributed by atoms with E-state index in [1.807, 2.05) is 6.07 Å². The minimum atomic E-state index is -0.388. The van der Waals surface area contributed by atoms with Crippen molar-refractivity contribution in [3.8, 4) is 0 Å². The van der Waals surface area contributed by atoms with Gasteiger partial charge in [0.2, 0.25) is 5.91 Å². The molecule has 1 amide bonds. The second kappa shape index (κ2) is 5.15. The second-order valence-corrected chi connectivity index (χ2v) is 5.32. The second-order valence-electron chi connectivity index (χ2n) is 5.32. The van der Waals surface area contributed by atoms with Crippen LogP contribution in [-0.4, -0.2) is 31.6 Å². The van der Waals surface area contributed by atoms with Gasteiger partial charge in [-0.05, 0) is 37.5 Å². The first-order chi connectivity index (χ1) is 9.69. The first-order valence-electron chi connectivity index (χ1n) is 6.98. The van der Waals surface area contributed by atoms with Crippen molar-refractivity contribution in [2.75, 3.05) is 23.9 Å². The SMILES string of the molecule is COC(=O)c1ccc2c(c1)NC(=O)CC1CCCCN21. The highest BCUT2D eigenvalue weighted by Gasteiger charge is 2.30. The Morgan fingerprint density at radius 2 is 2.25 bits per heavy atom. The van der Waals surface area contributed by atoms with Gasteiger partial charge in [0.15, 0.2) is 0 Å². The number of carbonyl (C=O) groups is 2. The quantitative estimate of drug-likeness (QED) is 0.797. The first kappa shape index (κ1) is 13.0. The summed E-state index contributed by atoms with van der Waals surface area (Å²) in [7, 11) is 1.35. The highest BCUT2D eigenvalue weighted by Crippen LogP contribution is 2.36. The molecule has 2 heterocycles. The molecule has 0 saturated carbocycles. The van der Waals surface area contributed by atoms with Gasteiger partial charge in [0.05, 0.1) is 24.0 Å². The normalized spacial score (nSPS) is 21.4. The van der Waals surface area contributed by atoms with Crippen molar-refractivity contribution in [2.45, 2.75) is 31.7 Å². The van der Waals surface area contributed by atoms with Crippen LogP contribution in [-0.2, 0) is 9.53 Å². The van der Waals surface area contributed by atoms with E-state index in [0.717, 1.165) is 25.1 Å². The zero-order valence-corrected chi connectivity index (χ0v) is 11.5. The summed E-state index contributed by atoms with van der Waals surface area (Å²) in [6, 6.07) is 5.64. The highest BCUT2D eigenvalue weighted by atomic mass is 16.5. The molecule has 1 unspecified atom stereocenters. The van der Waals surface area contributed by atoms with E-state index in [4.69, 9.17) is 4.74 Å². The van der Waals surface area contributed by atoms with Crippen molar-refractivity contribution in [1.82, 2.24) is 0 Å². The predicted molar refractivity (Wildman–Crippen MR) is 76.0 cm³/mol. The lowest BCUT2D eigenvalue weighted by atomic mass is 9.98. The molecule has 2 aliphatic heterocycles. The van der Waals surface area contributed by atoms with E-state index >= 15 is 0 Å². The van der Waals surface area contributed by atoms with Gasteiger partial charge in [-0.1, -0.05) is 0 Å². The van der Waals surface area contributed by atoms with Gasteiger partial charge < -0.3 is 15.0 Å². The number of hydrogen-bond acceptors (Lipinski definition) is 4. The molecule has 3 rings (SSSR count). The predicted octanol–water partition coefficient (Wildman–Crippen LogP) is 2.17. The molecular weight excluding hydrogens is 256 g/mol. The lowest BCUT2D eigenvalue weighted by Gasteiger charge is -2.36. The maximum Gasteiger partial charge on any atom is 0.337 e. The molecule has 1 aromatic carbocycles. The Bertz CT molecular complexity index is 556. The number of nitrogens with zero attached hydrogens (tertiary/aromatic N) is 1. The van der Waals surface area contributed by atoms with Crippen LogP contribution in [0.25, 0.3) is 0 Å². The van der Waals surface area contributed by atoms with Gasteiger partial charge in [0.1, 0.15) is 0 Å². The van der Waals surface area contributed by atoms with Gasteiger partial charge >= 0.3 is 5.97 Å². The number of benzene rings is 1. The van der Waals surface area contributed by atoms with Crippen molar-refractivity contribution < 1.29 is 14.3 Å². The number of rotatable bonds is 1. The van der Waals surface area contributed by atoms with Gasteiger partial charge in [-0.15, -0.1) is 0 Å². The maximum atomic E-state index is 12.0. The molecule has 5 heteroatoms. The fourth-order valence-corrected chi connectivity index (χ4v) is 3.08. The average molecular weight is 274 g/mol. The van der Waals surface area contributed by atoms with Crippen LogP contribution in [0.1, 0.15) is 36.0 Å². The summed E-state index contributed by atoms with van der Waals surface area (Å²) >= 11 is 0. The standard InChI is InChI=1S/C15H18N2O3/c1-20-15(19)10-5-6-13-12(8-10)16-14(18)9-11-4-2-3-7-17(11)13/h5-6,8,11H,2-4,7,9H2,1H3,(H,16,18). The lowest BCUT2D eigenvalue weighted by molar-refractivity contribution is -0.116. The summed E-state index contributed by atoms with van der Waals surface area (Å²) in [5, 5.41) is 2.91. The Morgan fingerprint density at radius 3 is 3.05 bits per heavy atom. The molecule has 0 bridgehead atoms. The number of esters is 1. The summed E-state index contributed by atoms with van der Waals surface area (Å²) in [5.41, 5.74) is 2.18. The van der Waals surface area contributed by atoms with Crippen LogP contribution in [0.2, 0.25) is 0 Å². The van der Waals surface area contributed by atoms with E-state index in [2.05, 4.69) is 10.2 Å². The lowest BCUT2D eigenvalue weighted by Crippen LogP contribution is -2.39. The monoisotopic (exact) mass is 274 g/mol. The minimum Gasteiger partial charge on any atom is -0.465 e. The van der Waals surface area contributed by atoms with Gasteiger partial charge in [-0.2, -0.15) is 0 Å². The van der Waals surface area contributed by atoms with Crippen LogP contribution in [0.3, 0.4) is 0 Å². The molecule has 1 aromatic rings. The summed E-state index contributed by atoms with van der Waals surface area (Å²) in [4.78, 5) is 25.9. The van der Waals surface area contributed by atoms with Gasteiger partial charge in [-0.25, -0.2) is 4.79 Å². The van der Waals surface area contributed by atoms with E-state index in [-0.39, 0.29) is 17.9 Å². The fourth-order valence-electron chi connectivity index (χ4n) is 3.08. The Kier molecular flexibility index (Phi) is 3.34. The Labute approximate surface area is 117 Å². The van der Waals surface area contributed by atoms with Crippen molar-refractivity contribution >= 4 is 23.3 Å². The summed E-state index contributed by atoms with van der Waals surface area (Å²) < 4.78 is 4.73. The Hall–Kier alpha value is -2.04. The van der Waals surface area contributed by atoms with Gasteiger partial charge in [-0.3, -0.25) is 4.79 Å². The molecule has 20 heavy (non-hydrogen) atoms. The number of anilines is 2. The number of ether oxygens (including phenoxy) is 1. The fraction of sp³-hybridized carbons (Fsp3) is 0.467. The van der Waals surface area contributed by atoms with E-state index in [9.17, 15) is 9.59 Å². The van der Waals surface area contributed by atoms with E-state index in [1.54, 1.807) is 12.1 Å². The third-order valence-electron chi connectivity index (χ3n) is 4.05. The maximum absolute atomic E-state index is 12.0. The topological polar surface area (TPSA) is 58.6 Å². The summed E-state index contributed by atoms with van der Waals surface area (Å²) in [6.45, 7) is 0.962. The number of piperidine rings is 1. The molecule has 0 aliphatic carbocycles. The highest BCUT2D eigenvalue weighted by molar-refractivity contribution is 5.99. The number of amides is 1. The van der Waals surface area contributed by atoms with Crippen molar-refractivity contribution in [2.24, 2.45) is 0 Å². The van der Waals surface area contributed by atoms with Crippen LogP contribution >= 0.6 is 0 Å². The van der Waals surface area contributed by atoms with E-state index in [1.165, 1.54) is 13.5 Å². The van der Waals surface area contributed by atoms with Crippen molar-refractivity contribution in [3.05, 3.63) is 23.8 Å². The number of fused-ring (bicyclic) bond motifs is 3. The van der Waals surface area contributed by atoms with Gasteiger partial charge in [0, 0.05) is 19.0 Å². The molecule has 0 spiro atoms. The number of carbonyl (C=O) groups excluding carboxylic acids is 2. The van der Waals surface area contributed by atoms with Crippen LogP contribution in [0.5, 0.6) is 0 Å². The number of nitrogens with one attached hydrogen (secondary N) is 1. The molecule has 1 saturated heterocycles. The molecule has 1 N–H and O–H groups in total. The van der Waals surface area contributed by atoms with Crippen LogP contribution in [0.4, 0.5) is 11.4 Å². The zero-order valence-electron chi connectivity index (χ0n) is 11.5. The van der Waals surface area contributed by atoms with E-state index < -0.39 is 0 Å². The summed E-state index contributed by atoms with van der Waals surface area (Å²) in [6.07, 6.45) is 3.88. The van der Waals surface area contributed by atoms with Crippen LogP contribution in [0.15, 0.2) is 18.2 Å². The van der Waals surface area contributed by atoms with Crippen LogP contribution in [0, 0.1) is 0 Å². The smallest absolute Gasteiger partial charge is 0.337 e. The third-order valence-corrected chi connectivity index (χ3v) is 4.05. The zero-order chi connectivity index (χ0) is 14.1. The molecule has 1 fully saturated rings. The summed E-state index contributed by atoms with van der Waals surface area (Å²) in [5.74, 6) is -0.371. The van der Waals surface area contributed by atoms with Crippen molar-refractivity contribution in [1.29, 1.82) is 0 Å². The van der Waals surface area contributed by atoms with Crippen LogP contribution < -0.4 is 10.2 Å². The Morgan fingerprint density at radius 1 is 1.40 bits per heavy atom. The van der Waals surface area contributed by atoms with Crippen molar-refractivity contribution in [3.63, 3.8) is 0 Å². The minimum absolute atomic E-state index is 0.0164. The largest absolute Gasteiger partial charge is 0.465 e. The molecule has 1 atom stereocenters. The number of hydrogen-bond donors (Lipinski definition) is 1. The molecular formula is C15H18N2O3. The molecule has 2 aliphatic rings. The molecule has 0 radical (unpaired) electrons.